The second-order valence-corrected chi connectivity index (χ2v) is 4.85. The molecule has 0 aliphatic carbocycles. The Bertz CT molecular complexity index is 501. The first kappa shape index (κ1) is 14.7. The highest BCUT2D eigenvalue weighted by Gasteiger charge is 2.06. The molecule has 0 unspecified atom stereocenters. The molecule has 0 aromatic heterocycles. The summed E-state index contributed by atoms with van der Waals surface area (Å²) >= 11 is 6.71. The number of amides is 1. The highest BCUT2D eigenvalue weighted by molar-refractivity contribution is 9.11. The Kier molecular flexibility index (Phi) is 5.82. The van der Waals surface area contributed by atoms with Gasteiger partial charge in [-0.15, -0.1) is 0 Å². The molecule has 0 spiro atoms. The van der Waals surface area contributed by atoms with E-state index < -0.39 is 5.91 Å². The van der Waals surface area contributed by atoms with Gasteiger partial charge in [-0.3, -0.25) is 4.79 Å². The SMILES string of the molecule is COc1c(Br)cc(C=NNC(=O)CC#N)cc1Br. The van der Waals surface area contributed by atoms with E-state index >= 15 is 0 Å². The predicted octanol–water partition coefficient (Wildman–Crippen LogP) is 2.58. The summed E-state index contributed by atoms with van der Waals surface area (Å²) in [7, 11) is 1.57. The number of hydrogen-bond acceptors (Lipinski definition) is 4. The summed E-state index contributed by atoms with van der Waals surface area (Å²) in [4.78, 5) is 11.0. The van der Waals surface area contributed by atoms with Gasteiger partial charge in [-0.05, 0) is 49.6 Å². The first-order valence-corrected chi connectivity index (χ1v) is 6.39. The number of carbonyl (C=O) groups is 1. The number of hydrazone groups is 1. The van der Waals surface area contributed by atoms with Gasteiger partial charge in [0.25, 0.3) is 5.91 Å². The topological polar surface area (TPSA) is 74.5 Å². The number of nitriles is 1. The third-order valence-corrected chi connectivity index (χ3v) is 3.05. The molecule has 1 N–H and O–H groups in total. The molecule has 7 heteroatoms. The molecule has 0 fully saturated rings. The van der Waals surface area contributed by atoms with Crippen LogP contribution in [0.2, 0.25) is 0 Å². The summed E-state index contributed by atoms with van der Waals surface area (Å²) in [6.45, 7) is 0. The van der Waals surface area contributed by atoms with Gasteiger partial charge in [0.15, 0.2) is 0 Å². The Morgan fingerprint density at radius 1 is 1.56 bits per heavy atom. The average molecular weight is 375 g/mol. The second-order valence-electron chi connectivity index (χ2n) is 3.15. The van der Waals surface area contributed by atoms with E-state index in [1.807, 2.05) is 0 Å². The van der Waals surface area contributed by atoms with Crippen LogP contribution in [-0.4, -0.2) is 19.2 Å². The van der Waals surface area contributed by atoms with E-state index in [1.165, 1.54) is 6.21 Å². The maximum atomic E-state index is 11.0. The molecule has 18 heavy (non-hydrogen) atoms. The molecule has 0 heterocycles. The van der Waals surface area contributed by atoms with Gasteiger partial charge in [0.2, 0.25) is 0 Å². The number of benzene rings is 1. The van der Waals surface area contributed by atoms with Crippen molar-refractivity contribution in [1.29, 1.82) is 5.26 Å². The number of rotatable bonds is 4. The normalized spacial score (nSPS) is 10.1. The summed E-state index contributed by atoms with van der Waals surface area (Å²) < 4.78 is 6.70. The van der Waals surface area contributed by atoms with E-state index in [9.17, 15) is 4.79 Å². The van der Waals surface area contributed by atoms with Crippen LogP contribution in [0.4, 0.5) is 0 Å². The molecule has 1 rings (SSSR count). The van der Waals surface area contributed by atoms with E-state index in [4.69, 9.17) is 10.00 Å². The van der Waals surface area contributed by atoms with E-state index in [0.717, 1.165) is 14.5 Å². The number of nitrogens with one attached hydrogen (secondary N) is 1. The Hall–Kier alpha value is -1.39. The fourth-order valence-corrected chi connectivity index (χ4v) is 2.68. The van der Waals surface area contributed by atoms with Gasteiger partial charge < -0.3 is 4.74 Å². The molecular formula is C11H9Br2N3O2. The van der Waals surface area contributed by atoms with Crippen molar-refractivity contribution in [2.75, 3.05) is 7.11 Å². The lowest BCUT2D eigenvalue weighted by molar-refractivity contribution is -0.120. The summed E-state index contributed by atoms with van der Waals surface area (Å²) in [5.74, 6) is 0.237. The molecule has 0 atom stereocenters. The summed E-state index contributed by atoms with van der Waals surface area (Å²) in [6, 6.07) is 5.32. The third kappa shape index (κ3) is 4.13. The van der Waals surface area contributed by atoms with Gasteiger partial charge in [0, 0.05) is 0 Å². The Morgan fingerprint density at radius 2 is 2.17 bits per heavy atom. The second kappa shape index (κ2) is 7.13. The standard InChI is InChI=1S/C11H9Br2N3O2/c1-18-11-8(12)4-7(5-9(11)13)6-15-16-10(17)2-3-14/h4-6H,2H2,1H3,(H,16,17). The van der Waals surface area contributed by atoms with Crippen molar-refractivity contribution in [2.24, 2.45) is 5.10 Å². The molecule has 0 aliphatic rings. The van der Waals surface area contributed by atoms with E-state index in [1.54, 1.807) is 25.3 Å². The minimum Gasteiger partial charge on any atom is -0.494 e. The molecular weight excluding hydrogens is 366 g/mol. The van der Waals surface area contributed by atoms with Crippen LogP contribution in [0.3, 0.4) is 0 Å². The smallest absolute Gasteiger partial charge is 0.254 e. The van der Waals surface area contributed by atoms with E-state index in [0.29, 0.717) is 5.75 Å². The van der Waals surface area contributed by atoms with Crippen molar-refractivity contribution in [2.45, 2.75) is 6.42 Å². The molecule has 5 nitrogen and oxygen atoms in total. The molecule has 1 amide bonds. The zero-order valence-electron chi connectivity index (χ0n) is 9.41. The fourth-order valence-electron chi connectivity index (χ4n) is 1.14. The predicted molar refractivity (Wildman–Crippen MR) is 74.4 cm³/mol. The van der Waals surface area contributed by atoms with Crippen LogP contribution < -0.4 is 10.2 Å². The lowest BCUT2D eigenvalue weighted by Gasteiger charge is -2.06. The van der Waals surface area contributed by atoms with Crippen molar-refractivity contribution in [1.82, 2.24) is 5.43 Å². The van der Waals surface area contributed by atoms with Crippen LogP contribution in [0.1, 0.15) is 12.0 Å². The molecule has 1 aromatic rings. The number of ether oxygens (including phenoxy) is 1. The molecule has 0 bridgehead atoms. The monoisotopic (exact) mass is 373 g/mol. The maximum Gasteiger partial charge on any atom is 0.254 e. The van der Waals surface area contributed by atoms with Gasteiger partial charge in [0.1, 0.15) is 12.2 Å². The fraction of sp³-hybridized carbons (Fsp3) is 0.182. The van der Waals surface area contributed by atoms with Crippen LogP contribution in [0.25, 0.3) is 0 Å². The number of carbonyl (C=O) groups excluding carboxylic acids is 1. The van der Waals surface area contributed by atoms with Gasteiger partial charge in [-0.1, -0.05) is 0 Å². The zero-order chi connectivity index (χ0) is 13.5. The highest BCUT2D eigenvalue weighted by atomic mass is 79.9. The first-order valence-electron chi connectivity index (χ1n) is 4.80. The summed E-state index contributed by atoms with van der Waals surface area (Å²) in [5, 5.41) is 12.0. The summed E-state index contributed by atoms with van der Waals surface area (Å²) in [6.07, 6.45) is 1.26. The van der Waals surface area contributed by atoms with Gasteiger partial charge in [0.05, 0.1) is 28.3 Å². The van der Waals surface area contributed by atoms with Crippen molar-refractivity contribution < 1.29 is 9.53 Å². The van der Waals surface area contributed by atoms with Crippen LogP contribution in [0.15, 0.2) is 26.2 Å². The minimum absolute atomic E-state index is 0.215. The van der Waals surface area contributed by atoms with E-state index in [2.05, 4.69) is 42.4 Å². The maximum absolute atomic E-state index is 11.0. The van der Waals surface area contributed by atoms with Crippen molar-refractivity contribution >= 4 is 44.0 Å². The molecule has 1 aromatic carbocycles. The van der Waals surface area contributed by atoms with Crippen LogP contribution in [-0.2, 0) is 4.79 Å². The number of hydrogen-bond donors (Lipinski definition) is 1. The quantitative estimate of drug-likeness (QED) is 0.650. The minimum atomic E-state index is -0.444. The van der Waals surface area contributed by atoms with Crippen molar-refractivity contribution in [3.8, 4) is 11.8 Å². The van der Waals surface area contributed by atoms with Crippen molar-refractivity contribution in [3.63, 3.8) is 0 Å². The molecule has 0 saturated heterocycles. The number of methoxy groups -OCH3 is 1. The molecule has 0 saturated carbocycles. The first-order chi connectivity index (χ1) is 8.58. The summed E-state index contributed by atoms with van der Waals surface area (Å²) in [5.41, 5.74) is 3.02. The van der Waals surface area contributed by atoms with Gasteiger partial charge >= 0.3 is 0 Å². The highest BCUT2D eigenvalue weighted by Crippen LogP contribution is 2.33. The molecule has 94 valence electrons. The lowest BCUT2D eigenvalue weighted by Crippen LogP contribution is -2.16. The van der Waals surface area contributed by atoms with E-state index in [-0.39, 0.29) is 6.42 Å². The van der Waals surface area contributed by atoms with Crippen LogP contribution >= 0.6 is 31.9 Å². The zero-order valence-corrected chi connectivity index (χ0v) is 12.6. The molecule has 0 radical (unpaired) electrons. The van der Waals surface area contributed by atoms with Crippen LogP contribution in [0.5, 0.6) is 5.75 Å². The third-order valence-electron chi connectivity index (χ3n) is 1.87. The van der Waals surface area contributed by atoms with Gasteiger partial charge in [-0.2, -0.15) is 10.4 Å². The van der Waals surface area contributed by atoms with Crippen molar-refractivity contribution in [3.05, 3.63) is 26.6 Å². The Morgan fingerprint density at radius 3 is 2.67 bits per heavy atom. The number of halogens is 2. The molecule has 0 aliphatic heterocycles. The Labute approximate surface area is 121 Å². The Balaban J connectivity index is 2.78. The van der Waals surface area contributed by atoms with Crippen LogP contribution in [0, 0.1) is 11.3 Å². The number of nitrogens with zero attached hydrogens (tertiary/aromatic N) is 2. The van der Waals surface area contributed by atoms with Gasteiger partial charge in [-0.25, -0.2) is 5.43 Å². The largest absolute Gasteiger partial charge is 0.494 e. The lowest BCUT2D eigenvalue weighted by atomic mass is 10.2. The average Bonchev–Trinajstić information content (AvgIpc) is 2.29.